The Morgan fingerprint density at radius 3 is 2.41 bits per heavy atom. The molecule has 9 nitrogen and oxygen atoms in total. The van der Waals surface area contributed by atoms with E-state index in [0.717, 1.165) is 24.4 Å². The van der Waals surface area contributed by atoms with Gasteiger partial charge in [0.1, 0.15) is 16.9 Å². The monoisotopic (exact) mass is 552 g/mol. The molecule has 0 bridgehead atoms. The van der Waals surface area contributed by atoms with Crippen LogP contribution in [0.1, 0.15) is 52.5 Å². The summed E-state index contributed by atoms with van der Waals surface area (Å²) < 4.78 is 40.5. The molecule has 2 aromatic heterocycles. The normalized spacial score (nSPS) is 18.2. The van der Waals surface area contributed by atoms with E-state index in [1.54, 1.807) is 0 Å². The standard InChI is InChI=1S/C28H33FN6O3S/c1-5-24(19-8-10-20(29)11-9-19)39(37,38)27-23(7-6-16-30-27)26(36)32-21-12-14-22(15-13-21)33-28-31-18(2)17-25(34-28)35(3)4/h5-11,16-17,21-22,24H,1,12-15H2,2-4H3,(H,32,36)(H,31,33,34). The first kappa shape index (κ1) is 28.2. The lowest BCUT2D eigenvalue weighted by Gasteiger charge is -2.30. The summed E-state index contributed by atoms with van der Waals surface area (Å²) in [6.45, 7) is 5.58. The number of halogens is 1. The van der Waals surface area contributed by atoms with Gasteiger partial charge in [-0.1, -0.05) is 18.2 Å². The molecule has 1 aromatic carbocycles. The maximum absolute atomic E-state index is 13.5. The van der Waals surface area contributed by atoms with Crippen molar-refractivity contribution in [3.05, 3.63) is 84.0 Å². The molecule has 1 aliphatic rings. The molecule has 1 unspecified atom stereocenters. The fraction of sp³-hybridized carbons (Fsp3) is 0.357. The zero-order valence-electron chi connectivity index (χ0n) is 22.3. The van der Waals surface area contributed by atoms with Gasteiger partial charge in [0.2, 0.25) is 15.8 Å². The second-order valence-corrected chi connectivity index (χ2v) is 11.8. The molecule has 4 rings (SSSR count). The Bertz CT molecular complexity index is 1440. The van der Waals surface area contributed by atoms with Crippen molar-refractivity contribution in [3.63, 3.8) is 0 Å². The zero-order chi connectivity index (χ0) is 28.2. The second kappa shape index (κ2) is 11.9. The van der Waals surface area contributed by atoms with Crippen molar-refractivity contribution in [1.29, 1.82) is 0 Å². The smallest absolute Gasteiger partial charge is 0.254 e. The van der Waals surface area contributed by atoms with E-state index in [-0.39, 0.29) is 22.7 Å². The van der Waals surface area contributed by atoms with Crippen molar-refractivity contribution in [2.24, 2.45) is 0 Å². The highest BCUT2D eigenvalue weighted by atomic mass is 32.2. The molecule has 1 fully saturated rings. The number of pyridine rings is 1. The average Bonchev–Trinajstić information content (AvgIpc) is 2.91. The van der Waals surface area contributed by atoms with Crippen LogP contribution in [0, 0.1) is 12.7 Å². The predicted octanol–water partition coefficient (Wildman–Crippen LogP) is 4.24. The highest BCUT2D eigenvalue weighted by Gasteiger charge is 2.33. The van der Waals surface area contributed by atoms with Gasteiger partial charge >= 0.3 is 0 Å². The Hall–Kier alpha value is -3.86. The minimum absolute atomic E-state index is 0.0314. The highest BCUT2D eigenvalue weighted by molar-refractivity contribution is 7.91. The molecule has 206 valence electrons. The van der Waals surface area contributed by atoms with Gasteiger partial charge in [0.15, 0.2) is 5.03 Å². The van der Waals surface area contributed by atoms with Crippen molar-refractivity contribution in [1.82, 2.24) is 20.3 Å². The molecule has 1 aliphatic carbocycles. The lowest BCUT2D eigenvalue weighted by molar-refractivity contribution is 0.0922. The molecule has 1 atom stereocenters. The van der Waals surface area contributed by atoms with Crippen LogP contribution in [-0.4, -0.2) is 55.5 Å². The van der Waals surface area contributed by atoms with Crippen molar-refractivity contribution >= 4 is 27.5 Å². The van der Waals surface area contributed by atoms with Crippen LogP contribution < -0.4 is 15.5 Å². The topological polar surface area (TPSA) is 117 Å². The summed E-state index contributed by atoms with van der Waals surface area (Å²) in [6.07, 6.45) is 5.60. The Kier molecular flexibility index (Phi) is 8.59. The predicted molar refractivity (Wildman–Crippen MR) is 149 cm³/mol. The number of aryl methyl sites for hydroxylation is 1. The Labute approximate surface area is 228 Å². The molecular weight excluding hydrogens is 519 g/mol. The molecule has 0 aliphatic heterocycles. The van der Waals surface area contributed by atoms with Crippen molar-refractivity contribution in [3.8, 4) is 0 Å². The number of benzene rings is 1. The van der Waals surface area contributed by atoms with E-state index in [4.69, 9.17) is 0 Å². The van der Waals surface area contributed by atoms with Crippen molar-refractivity contribution < 1.29 is 17.6 Å². The first-order valence-corrected chi connectivity index (χ1v) is 14.3. The first-order valence-electron chi connectivity index (χ1n) is 12.8. The van der Waals surface area contributed by atoms with Gasteiger partial charge in [-0.25, -0.2) is 22.8 Å². The molecule has 0 radical (unpaired) electrons. The summed E-state index contributed by atoms with van der Waals surface area (Å²) in [6, 6.07) is 10.1. The SMILES string of the molecule is C=CC(c1ccc(F)cc1)S(=O)(=O)c1ncccc1C(=O)NC1CCC(Nc2nc(C)cc(N(C)C)n2)CC1. The van der Waals surface area contributed by atoms with Crippen LogP contribution in [0.2, 0.25) is 0 Å². The van der Waals surface area contributed by atoms with Crippen molar-refractivity contribution in [2.45, 2.75) is 55.0 Å². The quantitative estimate of drug-likeness (QED) is 0.379. The zero-order valence-corrected chi connectivity index (χ0v) is 23.1. The molecule has 39 heavy (non-hydrogen) atoms. The number of carbonyl (C=O) groups excluding carboxylic acids is 1. The lowest BCUT2D eigenvalue weighted by Crippen LogP contribution is -2.40. The molecule has 0 spiro atoms. The van der Waals surface area contributed by atoms with Gasteiger partial charge in [-0.05, 0) is 62.4 Å². The number of anilines is 2. The number of nitrogens with one attached hydrogen (secondary N) is 2. The number of hydrogen-bond acceptors (Lipinski definition) is 8. The second-order valence-electron chi connectivity index (χ2n) is 9.86. The van der Waals surface area contributed by atoms with Gasteiger partial charge in [-0.3, -0.25) is 4.79 Å². The molecule has 1 amide bonds. The minimum atomic E-state index is -4.13. The van der Waals surface area contributed by atoms with Crippen LogP contribution in [0.4, 0.5) is 16.2 Å². The van der Waals surface area contributed by atoms with E-state index in [0.29, 0.717) is 24.4 Å². The third-order valence-corrected chi connectivity index (χ3v) is 8.72. The van der Waals surface area contributed by atoms with E-state index in [1.165, 1.54) is 48.7 Å². The molecule has 0 saturated heterocycles. The minimum Gasteiger partial charge on any atom is -0.363 e. The highest BCUT2D eigenvalue weighted by Crippen LogP contribution is 2.31. The fourth-order valence-corrected chi connectivity index (χ4v) is 6.36. The van der Waals surface area contributed by atoms with E-state index in [9.17, 15) is 17.6 Å². The van der Waals surface area contributed by atoms with Crippen molar-refractivity contribution in [2.75, 3.05) is 24.3 Å². The number of sulfone groups is 1. The van der Waals surface area contributed by atoms with Crippen LogP contribution in [0.25, 0.3) is 0 Å². The third kappa shape index (κ3) is 6.59. The Morgan fingerprint density at radius 2 is 1.77 bits per heavy atom. The van der Waals surface area contributed by atoms with Crippen LogP contribution in [0.15, 0.2) is 66.3 Å². The van der Waals surface area contributed by atoms with Gasteiger partial charge in [0.25, 0.3) is 5.91 Å². The Balaban J connectivity index is 1.43. The summed E-state index contributed by atoms with van der Waals surface area (Å²) in [5.41, 5.74) is 1.18. The van der Waals surface area contributed by atoms with E-state index in [1.807, 2.05) is 32.0 Å². The maximum atomic E-state index is 13.5. The molecule has 2 heterocycles. The molecule has 1 saturated carbocycles. The van der Waals surface area contributed by atoms with Gasteiger partial charge < -0.3 is 15.5 Å². The van der Waals surface area contributed by atoms with Crippen LogP contribution in [-0.2, 0) is 9.84 Å². The maximum Gasteiger partial charge on any atom is 0.254 e. The number of carbonyl (C=O) groups is 1. The fourth-order valence-electron chi connectivity index (χ4n) is 4.68. The van der Waals surface area contributed by atoms with E-state index in [2.05, 4.69) is 32.2 Å². The largest absolute Gasteiger partial charge is 0.363 e. The summed E-state index contributed by atoms with van der Waals surface area (Å²) in [7, 11) is -0.271. The van der Waals surface area contributed by atoms with Crippen LogP contribution in [0.5, 0.6) is 0 Å². The summed E-state index contributed by atoms with van der Waals surface area (Å²) in [5, 5.41) is 4.88. The van der Waals surface area contributed by atoms with Gasteiger partial charge in [0, 0.05) is 44.1 Å². The number of nitrogens with zero attached hydrogens (tertiary/aromatic N) is 4. The number of aromatic nitrogens is 3. The molecular formula is C28H33FN6O3S. The van der Waals surface area contributed by atoms with E-state index >= 15 is 0 Å². The van der Waals surface area contributed by atoms with Gasteiger partial charge in [-0.15, -0.1) is 6.58 Å². The molecule has 11 heteroatoms. The Morgan fingerprint density at radius 1 is 1.10 bits per heavy atom. The van der Waals surface area contributed by atoms with Gasteiger partial charge in [0.05, 0.1) is 5.56 Å². The summed E-state index contributed by atoms with van der Waals surface area (Å²) >= 11 is 0. The average molecular weight is 553 g/mol. The van der Waals surface area contributed by atoms with Crippen LogP contribution >= 0.6 is 0 Å². The molecule has 3 aromatic rings. The van der Waals surface area contributed by atoms with Gasteiger partial charge in [-0.2, -0.15) is 4.98 Å². The number of rotatable bonds is 9. The van der Waals surface area contributed by atoms with Crippen LogP contribution in [0.3, 0.4) is 0 Å². The summed E-state index contributed by atoms with van der Waals surface area (Å²) in [5.74, 6) is 0.421. The number of amides is 1. The number of hydrogen-bond donors (Lipinski definition) is 2. The molecule has 2 N–H and O–H groups in total. The van der Waals surface area contributed by atoms with E-state index < -0.39 is 26.8 Å². The summed E-state index contributed by atoms with van der Waals surface area (Å²) in [4.78, 5) is 28.3. The lowest BCUT2D eigenvalue weighted by atomic mass is 9.91. The third-order valence-electron chi connectivity index (χ3n) is 6.73. The first-order chi connectivity index (χ1) is 18.6.